The number of carbonyl (C=O) groups is 2. The molecule has 5 nitrogen and oxygen atoms in total. The second-order valence-electron chi connectivity index (χ2n) is 6.67. The number of nitrogens with zero attached hydrogens (tertiary/aromatic N) is 2. The fourth-order valence-corrected chi connectivity index (χ4v) is 4.02. The van der Waals surface area contributed by atoms with Crippen molar-refractivity contribution in [3.8, 4) is 0 Å². The van der Waals surface area contributed by atoms with Crippen LogP contribution in [-0.4, -0.2) is 53.8 Å². The van der Waals surface area contributed by atoms with E-state index in [-0.39, 0.29) is 11.3 Å². The van der Waals surface area contributed by atoms with Crippen LogP contribution in [0, 0.1) is 5.82 Å². The standard InChI is InChI=1S/C20H21FN2O3S/c1-22(2)10-4-11-23-17(15-5-3-12-27-15)16(19(25)20(23)26)18(24)13-6-8-14(21)9-7-13/h3,5-9,12,17,24H,4,10-11H2,1-2H3/b18-16+/t17-/m1/s1. The maximum atomic E-state index is 13.2. The van der Waals surface area contributed by atoms with Crippen LogP contribution < -0.4 is 0 Å². The summed E-state index contributed by atoms with van der Waals surface area (Å²) in [7, 11) is 3.89. The Morgan fingerprint density at radius 1 is 1.22 bits per heavy atom. The van der Waals surface area contributed by atoms with Crippen LogP contribution in [0.1, 0.15) is 22.9 Å². The molecule has 0 aliphatic carbocycles. The number of carbonyl (C=O) groups excluding carboxylic acids is 2. The first kappa shape index (κ1) is 19.3. The number of hydrogen-bond acceptors (Lipinski definition) is 5. The summed E-state index contributed by atoms with van der Waals surface area (Å²) in [4.78, 5) is 29.7. The number of ketones is 1. The van der Waals surface area contributed by atoms with Crippen LogP contribution in [0.3, 0.4) is 0 Å². The number of hydrogen-bond donors (Lipinski definition) is 1. The maximum absolute atomic E-state index is 13.2. The summed E-state index contributed by atoms with van der Waals surface area (Å²) in [5, 5.41) is 12.6. The van der Waals surface area contributed by atoms with Crippen molar-refractivity contribution in [2.75, 3.05) is 27.2 Å². The molecule has 3 rings (SSSR count). The van der Waals surface area contributed by atoms with Gasteiger partial charge in [0, 0.05) is 17.0 Å². The van der Waals surface area contributed by atoms with Gasteiger partial charge < -0.3 is 14.9 Å². The Hall–Kier alpha value is -2.51. The highest BCUT2D eigenvalue weighted by atomic mass is 32.1. The smallest absolute Gasteiger partial charge is 0.295 e. The van der Waals surface area contributed by atoms with Crippen molar-refractivity contribution >= 4 is 28.8 Å². The van der Waals surface area contributed by atoms with Crippen LogP contribution in [0.4, 0.5) is 4.39 Å². The predicted molar refractivity (Wildman–Crippen MR) is 103 cm³/mol. The van der Waals surface area contributed by atoms with Crippen molar-refractivity contribution in [1.29, 1.82) is 0 Å². The first-order chi connectivity index (χ1) is 12.9. The Labute approximate surface area is 161 Å². The quantitative estimate of drug-likeness (QED) is 0.469. The van der Waals surface area contributed by atoms with E-state index in [2.05, 4.69) is 0 Å². The molecule has 7 heteroatoms. The van der Waals surface area contributed by atoms with Crippen molar-refractivity contribution < 1.29 is 19.1 Å². The second-order valence-corrected chi connectivity index (χ2v) is 7.65. The Morgan fingerprint density at radius 2 is 1.93 bits per heavy atom. The number of aliphatic hydroxyl groups is 1. The Balaban J connectivity index is 2.03. The molecule has 1 aliphatic heterocycles. The van der Waals surface area contributed by atoms with Crippen molar-refractivity contribution in [3.63, 3.8) is 0 Å². The molecule has 0 unspecified atom stereocenters. The lowest BCUT2D eigenvalue weighted by molar-refractivity contribution is -0.139. The summed E-state index contributed by atoms with van der Waals surface area (Å²) in [6.07, 6.45) is 0.707. The van der Waals surface area contributed by atoms with Crippen LogP contribution in [-0.2, 0) is 9.59 Å². The van der Waals surface area contributed by atoms with Gasteiger partial charge in [-0.3, -0.25) is 9.59 Å². The van der Waals surface area contributed by atoms with Gasteiger partial charge in [0.1, 0.15) is 11.6 Å². The lowest BCUT2D eigenvalue weighted by Gasteiger charge is -2.24. The van der Waals surface area contributed by atoms with E-state index < -0.39 is 23.5 Å². The SMILES string of the molecule is CN(C)CCCN1C(=O)C(=O)/C(=C(/O)c2ccc(F)cc2)[C@H]1c1cccs1. The maximum Gasteiger partial charge on any atom is 0.295 e. The molecule has 0 radical (unpaired) electrons. The number of thiophene rings is 1. The summed E-state index contributed by atoms with van der Waals surface area (Å²) in [5.41, 5.74) is 0.364. The zero-order chi connectivity index (χ0) is 19.6. The Kier molecular flexibility index (Phi) is 5.72. The van der Waals surface area contributed by atoms with Crippen LogP contribution in [0.15, 0.2) is 47.4 Å². The zero-order valence-electron chi connectivity index (χ0n) is 15.2. The average molecular weight is 388 g/mol. The van der Waals surface area contributed by atoms with E-state index in [0.29, 0.717) is 18.5 Å². The molecule has 1 fully saturated rings. The fraction of sp³-hybridized carbons (Fsp3) is 0.300. The molecule has 1 saturated heterocycles. The molecule has 0 bridgehead atoms. The van der Waals surface area contributed by atoms with Gasteiger partial charge in [0.05, 0.1) is 11.6 Å². The number of aliphatic hydroxyl groups excluding tert-OH is 1. The van der Waals surface area contributed by atoms with Crippen LogP contribution >= 0.6 is 11.3 Å². The van der Waals surface area contributed by atoms with Gasteiger partial charge in [-0.2, -0.15) is 0 Å². The lowest BCUT2D eigenvalue weighted by atomic mass is 10.00. The summed E-state index contributed by atoms with van der Waals surface area (Å²) < 4.78 is 13.2. The molecule has 27 heavy (non-hydrogen) atoms. The van der Waals surface area contributed by atoms with E-state index in [0.717, 1.165) is 11.4 Å². The van der Waals surface area contributed by atoms with Crippen molar-refractivity contribution in [2.45, 2.75) is 12.5 Å². The molecule has 142 valence electrons. The van der Waals surface area contributed by atoms with Gasteiger partial charge in [0.2, 0.25) is 0 Å². The van der Waals surface area contributed by atoms with E-state index >= 15 is 0 Å². The zero-order valence-corrected chi connectivity index (χ0v) is 16.0. The summed E-state index contributed by atoms with van der Waals surface area (Å²) in [6.45, 7) is 1.18. The topological polar surface area (TPSA) is 60.9 Å². The molecule has 2 aromatic rings. The van der Waals surface area contributed by atoms with Gasteiger partial charge in [0.15, 0.2) is 0 Å². The third-order valence-electron chi connectivity index (χ3n) is 4.47. The van der Waals surface area contributed by atoms with Gasteiger partial charge in [-0.15, -0.1) is 11.3 Å². The van der Waals surface area contributed by atoms with Gasteiger partial charge in [-0.05, 0) is 62.8 Å². The summed E-state index contributed by atoms with van der Waals surface area (Å²) in [6, 6.07) is 8.28. The molecule has 2 heterocycles. The van der Waals surface area contributed by atoms with Gasteiger partial charge in [0.25, 0.3) is 11.7 Å². The molecule has 1 amide bonds. The average Bonchev–Trinajstić information content (AvgIpc) is 3.24. The van der Waals surface area contributed by atoms with E-state index in [4.69, 9.17) is 0 Å². The number of amides is 1. The molecular weight excluding hydrogens is 367 g/mol. The second kappa shape index (κ2) is 8.02. The number of Topliss-reactive ketones (excluding diaryl/α,β-unsaturated/α-hetero) is 1. The minimum absolute atomic E-state index is 0.0545. The fourth-order valence-electron chi connectivity index (χ4n) is 3.17. The van der Waals surface area contributed by atoms with E-state index in [1.54, 1.807) is 0 Å². The minimum atomic E-state index is -0.708. The van der Waals surface area contributed by atoms with Crippen molar-refractivity contribution in [1.82, 2.24) is 9.80 Å². The minimum Gasteiger partial charge on any atom is -0.507 e. The highest BCUT2D eigenvalue weighted by Crippen LogP contribution is 2.41. The molecule has 0 saturated carbocycles. The monoisotopic (exact) mass is 388 g/mol. The molecule has 1 aliphatic rings. The Morgan fingerprint density at radius 3 is 2.52 bits per heavy atom. The third-order valence-corrected chi connectivity index (χ3v) is 5.40. The third kappa shape index (κ3) is 3.94. The van der Waals surface area contributed by atoms with Gasteiger partial charge in [-0.1, -0.05) is 6.07 Å². The number of likely N-dealkylation sites (tertiary alicyclic amines) is 1. The van der Waals surface area contributed by atoms with Crippen molar-refractivity contribution in [3.05, 3.63) is 63.6 Å². The number of benzene rings is 1. The molecule has 1 aromatic heterocycles. The van der Waals surface area contributed by atoms with Crippen LogP contribution in [0.5, 0.6) is 0 Å². The summed E-state index contributed by atoms with van der Waals surface area (Å²) >= 11 is 1.42. The molecule has 0 spiro atoms. The Bertz CT molecular complexity index is 860. The highest BCUT2D eigenvalue weighted by molar-refractivity contribution is 7.10. The first-order valence-electron chi connectivity index (χ1n) is 8.62. The largest absolute Gasteiger partial charge is 0.507 e. The number of rotatable bonds is 6. The van der Waals surface area contributed by atoms with Crippen molar-refractivity contribution in [2.24, 2.45) is 0 Å². The van der Waals surface area contributed by atoms with E-state index in [1.165, 1.54) is 40.5 Å². The molecule has 1 atom stereocenters. The van der Waals surface area contributed by atoms with Crippen LogP contribution in [0.25, 0.3) is 5.76 Å². The van der Waals surface area contributed by atoms with Gasteiger partial charge >= 0.3 is 0 Å². The lowest BCUT2D eigenvalue weighted by Crippen LogP contribution is -2.32. The first-order valence-corrected chi connectivity index (χ1v) is 9.50. The molecule has 1 N–H and O–H groups in total. The summed E-state index contributed by atoms with van der Waals surface area (Å²) in [5.74, 6) is -2.04. The van der Waals surface area contributed by atoms with E-state index in [9.17, 15) is 19.1 Å². The highest BCUT2D eigenvalue weighted by Gasteiger charge is 2.46. The van der Waals surface area contributed by atoms with E-state index in [1.807, 2.05) is 36.5 Å². The number of halogens is 1. The predicted octanol–water partition coefficient (Wildman–Crippen LogP) is 3.26. The van der Waals surface area contributed by atoms with Gasteiger partial charge in [-0.25, -0.2) is 4.39 Å². The molecular formula is C20H21FN2O3S. The van der Waals surface area contributed by atoms with Crippen LogP contribution in [0.2, 0.25) is 0 Å². The normalized spacial score (nSPS) is 19.3. The molecule has 1 aromatic carbocycles.